The summed E-state index contributed by atoms with van der Waals surface area (Å²) in [7, 11) is 0. The van der Waals surface area contributed by atoms with E-state index in [0.29, 0.717) is 0 Å². The molecule has 2 heterocycles. The average Bonchev–Trinajstić information content (AvgIpc) is 2.74. The molecule has 18 heavy (non-hydrogen) atoms. The smallest absolute Gasteiger partial charge is 0.259 e. The summed E-state index contributed by atoms with van der Waals surface area (Å²) in [6.45, 7) is 1.83. The number of fused-ring (bicyclic) bond motifs is 1. The van der Waals surface area contributed by atoms with Gasteiger partial charge in [-0.25, -0.2) is 4.98 Å². The van der Waals surface area contributed by atoms with Crippen LogP contribution in [0.4, 0.5) is 0 Å². The van der Waals surface area contributed by atoms with E-state index in [1.165, 1.54) is 11.3 Å². The molecular formula is C13H9BrN2OS. The highest BCUT2D eigenvalue weighted by atomic mass is 79.9. The molecule has 1 aromatic carbocycles. The van der Waals surface area contributed by atoms with Crippen LogP contribution >= 0.6 is 27.3 Å². The summed E-state index contributed by atoms with van der Waals surface area (Å²) in [5.74, 6) is 0. The molecule has 0 fully saturated rings. The van der Waals surface area contributed by atoms with Gasteiger partial charge in [-0.3, -0.25) is 9.20 Å². The summed E-state index contributed by atoms with van der Waals surface area (Å²) in [6, 6.07) is 9.45. The largest absolute Gasteiger partial charge is 0.269 e. The van der Waals surface area contributed by atoms with Crippen molar-refractivity contribution in [2.45, 2.75) is 6.92 Å². The maximum Gasteiger partial charge on any atom is 0.259 e. The van der Waals surface area contributed by atoms with Crippen molar-refractivity contribution in [3.05, 3.63) is 56.2 Å². The lowest BCUT2D eigenvalue weighted by Crippen LogP contribution is -2.13. The van der Waals surface area contributed by atoms with Crippen molar-refractivity contribution >= 4 is 32.2 Å². The number of hydrogen-bond acceptors (Lipinski definition) is 3. The standard InChI is InChI=1S/C13H9BrN2OS/c1-8-6-12(17)16-11(7-18-13(16)15-8)9-2-4-10(14)5-3-9/h2-7H,1H3. The second kappa shape index (κ2) is 4.33. The quantitative estimate of drug-likeness (QED) is 0.687. The summed E-state index contributed by atoms with van der Waals surface area (Å²) < 4.78 is 2.67. The molecular weight excluding hydrogens is 312 g/mol. The first-order chi connectivity index (χ1) is 8.65. The molecule has 3 aromatic rings. The third-order valence-corrected chi connectivity index (χ3v) is 4.03. The van der Waals surface area contributed by atoms with Gasteiger partial charge in [0.2, 0.25) is 0 Å². The Labute approximate surface area is 116 Å². The molecule has 0 saturated carbocycles. The van der Waals surface area contributed by atoms with Crippen LogP contribution in [0.2, 0.25) is 0 Å². The van der Waals surface area contributed by atoms with E-state index in [0.717, 1.165) is 26.4 Å². The van der Waals surface area contributed by atoms with E-state index in [-0.39, 0.29) is 5.56 Å². The van der Waals surface area contributed by atoms with Gasteiger partial charge in [0.05, 0.1) is 5.69 Å². The van der Waals surface area contributed by atoms with Crippen molar-refractivity contribution in [1.82, 2.24) is 9.38 Å². The molecule has 5 heteroatoms. The van der Waals surface area contributed by atoms with Gasteiger partial charge in [-0.1, -0.05) is 28.1 Å². The molecule has 0 atom stereocenters. The van der Waals surface area contributed by atoms with Crippen LogP contribution in [0.1, 0.15) is 5.69 Å². The van der Waals surface area contributed by atoms with Crippen LogP contribution in [-0.2, 0) is 0 Å². The minimum atomic E-state index is -0.0309. The molecule has 0 aliphatic rings. The number of thiazole rings is 1. The van der Waals surface area contributed by atoms with Gasteiger partial charge in [-0.05, 0) is 24.6 Å². The highest BCUT2D eigenvalue weighted by molar-refractivity contribution is 9.10. The van der Waals surface area contributed by atoms with Crippen LogP contribution in [-0.4, -0.2) is 9.38 Å². The molecule has 0 radical (unpaired) electrons. The van der Waals surface area contributed by atoms with Crippen LogP contribution in [0.15, 0.2) is 45.0 Å². The monoisotopic (exact) mass is 320 g/mol. The van der Waals surface area contributed by atoms with Gasteiger partial charge in [0.1, 0.15) is 0 Å². The van der Waals surface area contributed by atoms with E-state index in [2.05, 4.69) is 20.9 Å². The number of rotatable bonds is 1. The molecule has 3 rings (SSSR count). The summed E-state index contributed by atoms with van der Waals surface area (Å²) >= 11 is 4.89. The van der Waals surface area contributed by atoms with Crippen molar-refractivity contribution < 1.29 is 0 Å². The number of nitrogens with zero attached hydrogens (tertiary/aromatic N) is 2. The number of halogens is 1. The van der Waals surface area contributed by atoms with Crippen LogP contribution in [0.25, 0.3) is 16.2 Å². The molecule has 90 valence electrons. The molecule has 0 amide bonds. The fourth-order valence-electron chi connectivity index (χ4n) is 1.85. The minimum Gasteiger partial charge on any atom is -0.269 e. The molecule has 0 aliphatic heterocycles. The number of aromatic nitrogens is 2. The Morgan fingerprint density at radius 3 is 2.72 bits per heavy atom. The van der Waals surface area contributed by atoms with Crippen molar-refractivity contribution in [2.75, 3.05) is 0 Å². The SMILES string of the molecule is Cc1cc(=O)n2c(-c3ccc(Br)cc3)csc2n1. The van der Waals surface area contributed by atoms with Crippen LogP contribution < -0.4 is 5.56 Å². The fraction of sp³-hybridized carbons (Fsp3) is 0.0769. The first-order valence-corrected chi connectivity index (χ1v) is 7.06. The lowest BCUT2D eigenvalue weighted by atomic mass is 10.2. The summed E-state index contributed by atoms with van der Waals surface area (Å²) in [6.07, 6.45) is 0. The molecule has 3 nitrogen and oxygen atoms in total. The zero-order valence-corrected chi connectivity index (χ0v) is 12.0. The Morgan fingerprint density at radius 1 is 1.28 bits per heavy atom. The summed E-state index contributed by atoms with van der Waals surface area (Å²) in [5, 5.41) is 1.96. The normalized spacial score (nSPS) is 11.0. The fourth-order valence-corrected chi connectivity index (χ4v) is 3.06. The number of aryl methyl sites for hydroxylation is 1. The third kappa shape index (κ3) is 1.89. The highest BCUT2D eigenvalue weighted by Crippen LogP contribution is 2.25. The van der Waals surface area contributed by atoms with Crippen LogP contribution in [0.3, 0.4) is 0 Å². The Bertz CT molecular complexity index is 774. The van der Waals surface area contributed by atoms with E-state index in [9.17, 15) is 4.79 Å². The second-order valence-corrected chi connectivity index (χ2v) is 5.73. The summed E-state index contributed by atoms with van der Waals surface area (Å²) in [5.41, 5.74) is 2.62. The third-order valence-electron chi connectivity index (χ3n) is 2.67. The Morgan fingerprint density at radius 2 is 2.00 bits per heavy atom. The van der Waals surface area contributed by atoms with Gasteiger partial charge in [0, 0.05) is 21.6 Å². The van der Waals surface area contributed by atoms with Gasteiger partial charge in [0.25, 0.3) is 5.56 Å². The maximum absolute atomic E-state index is 12.0. The molecule has 0 aliphatic carbocycles. The maximum atomic E-state index is 12.0. The zero-order chi connectivity index (χ0) is 12.7. The molecule has 0 bridgehead atoms. The number of hydrogen-bond donors (Lipinski definition) is 0. The molecule has 0 saturated heterocycles. The number of benzene rings is 1. The van der Waals surface area contributed by atoms with Crippen molar-refractivity contribution in [3.63, 3.8) is 0 Å². The topological polar surface area (TPSA) is 34.4 Å². The predicted octanol–water partition coefficient (Wildman–Crippen LogP) is 3.49. The molecule has 2 aromatic heterocycles. The van der Waals surface area contributed by atoms with E-state index < -0.39 is 0 Å². The molecule has 0 spiro atoms. The van der Waals surface area contributed by atoms with Crippen molar-refractivity contribution in [1.29, 1.82) is 0 Å². The lowest BCUT2D eigenvalue weighted by molar-refractivity contribution is 1.05. The lowest BCUT2D eigenvalue weighted by Gasteiger charge is -2.01. The summed E-state index contributed by atoms with van der Waals surface area (Å²) in [4.78, 5) is 17.1. The Hall–Kier alpha value is -1.46. The van der Waals surface area contributed by atoms with Gasteiger partial charge in [0.15, 0.2) is 4.96 Å². The van der Waals surface area contributed by atoms with Crippen LogP contribution in [0, 0.1) is 6.92 Å². The Balaban J connectivity index is 2.30. The Kier molecular flexibility index (Phi) is 2.80. The van der Waals surface area contributed by atoms with Gasteiger partial charge < -0.3 is 0 Å². The van der Waals surface area contributed by atoms with Gasteiger partial charge in [-0.2, -0.15) is 0 Å². The van der Waals surface area contributed by atoms with E-state index >= 15 is 0 Å². The minimum absolute atomic E-state index is 0.0309. The molecule has 0 unspecified atom stereocenters. The van der Waals surface area contributed by atoms with Crippen molar-refractivity contribution in [3.8, 4) is 11.3 Å². The van der Waals surface area contributed by atoms with Gasteiger partial charge in [-0.15, -0.1) is 11.3 Å². The first kappa shape index (κ1) is 11.6. The highest BCUT2D eigenvalue weighted by Gasteiger charge is 2.09. The zero-order valence-electron chi connectivity index (χ0n) is 9.55. The van der Waals surface area contributed by atoms with Crippen molar-refractivity contribution in [2.24, 2.45) is 0 Å². The predicted molar refractivity (Wildman–Crippen MR) is 77.2 cm³/mol. The first-order valence-electron chi connectivity index (χ1n) is 5.39. The molecule has 0 N–H and O–H groups in total. The van der Waals surface area contributed by atoms with E-state index in [4.69, 9.17) is 0 Å². The average molecular weight is 321 g/mol. The van der Waals surface area contributed by atoms with E-state index in [1.807, 2.05) is 36.6 Å². The van der Waals surface area contributed by atoms with Gasteiger partial charge >= 0.3 is 0 Å². The second-order valence-electron chi connectivity index (χ2n) is 3.98. The van der Waals surface area contributed by atoms with E-state index in [1.54, 1.807) is 10.5 Å². The van der Waals surface area contributed by atoms with Crippen LogP contribution in [0.5, 0.6) is 0 Å².